The second-order valence-corrected chi connectivity index (χ2v) is 14.3. The number of aromatic nitrogens is 2. The molecule has 8 rings (SSSR count). The van der Waals surface area contributed by atoms with Crippen LogP contribution in [-0.2, 0) is 9.53 Å². The molecule has 5 aliphatic heterocycles. The fourth-order valence-electron chi connectivity index (χ4n) is 8.66. The molecular weight excluding hydrogens is 642 g/mol. The Morgan fingerprint density at radius 1 is 1.04 bits per heavy atom. The first-order chi connectivity index (χ1) is 23.1. The van der Waals surface area contributed by atoms with Gasteiger partial charge in [0.25, 0.3) is 0 Å². The molecule has 3 aromatic rings. The molecule has 254 valence electrons. The van der Waals surface area contributed by atoms with E-state index in [0.29, 0.717) is 54.5 Å². The molecule has 2 bridgehead atoms. The van der Waals surface area contributed by atoms with E-state index in [-0.39, 0.29) is 52.5 Å². The van der Waals surface area contributed by atoms with Crippen molar-refractivity contribution in [1.82, 2.24) is 24.3 Å². The molecule has 4 fully saturated rings. The van der Waals surface area contributed by atoms with Crippen molar-refractivity contribution in [1.29, 1.82) is 0 Å². The van der Waals surface area contributed by atoms with Gasteiger partial charge in [0, 0.05) is 79.5 Å². The van der Waals surface area contributed by atoms with Crippen LogP contribution in [0, 0.1) is 11.6 Å². The monoisotopic (exact) mass is 680 g/mol. The fourth-order valence-corrected chi connectivity index (χ4v) is 8.96. The summed E-state index contributed by atoms with van der Waals surface area (Å²) in [6, 6.07) is 5.74. The highest BCUT2D eigenvalue weighted by Gasteiger charge is 2.46. The number of piperazine rings is 2. The van der Waals surface area contributed by atoms with Crippen molar-refractivity contribution in [2.75, 3.05) is 57.4 Å². The minimum atomic E-state index is -0.780. The molecule has 6 heterocycles. The Morgan fingerprint density at radius 3 is 2.46 bits per heavy atom. The fraction of sp³-hybridized carbons (Fsp3) is 0.514. The van der Waals surface area contributed by atoms with Gasteiger partial charge in [0.15, 0.2) is 5.75 Å². The number of hydrogen-bond acceptors (Lipinski definition) is 8. The molecule has 2 aromatic carbocycles. The number of likely N-dealkylation sites (tertiary alicyclic amines) is 1. The summed E-state index contributed by atoms with van der Waals surface area (Å²) in [6.45, 7) is 12.6. The van der Waals surface area contributed by atoms with Gasteiger partial charge in [-0.2, -0.15) is 4.98 Å². The van der Waals surface area contributed by atoms with Crippen LogP contribution in [0.25, 0.3) is 22.0 Å². The summed E-state index contributed by atoms with van der Waals surface area (Å²) < 4.78 is 43.0. The lowest BCUT2D eigenvalue weighted by Crippen LogP contribution is -2.62. The van der Waals surface area contributed by atoms with Gasteiger partial charge in [0.05, 0.1) is 35.8 Å². The summed E-state index contributed by atoms with van der Waals surface area (Å²) >= 11 is 6.94. The summed E-state index contributed by atoms with van der Waals surface area (Å²) in [7, 11) is 0. The van der Waals surface area contributed by atoms with E-state index in [1.807, 2.05) is 18.7 Å². The van der Waals surface area contributed by atoms with E-state index in [1.54, 1.807) is 15.5 Å². The van der Waals surface area contributed by atoms with Crippen LogP contribution >= 0.6 is 11.6 Å². The van der Waals surface area contributed by atoms with Gasteiger partial charge >= 0.3 is 5.69 Å². The topological polar surface area (TPSA) is 83.4 Å². The van der Waals surface area contributed by atoms with Crippen LogP contribution in [0.1, 0.15) is 32.7 Å². The molecule has 4 saturated heterocycles. The highest BCUT2D eigenvalue weighted by atomic mass is 35.5. The molecular formula is C35H39ClF2N6O4. The molecule has 48 heavy (non-hydrogen) atoms. The molecule has 1 amide bonds. The van der Waals surface area contributed by atoms with Crippen molar-refractivity contribution >= 4 is 34.2 Å². The lowest BCUT2D eigenvalue weighted by molar-refractivity contribution is -0.128. The predicted octanol–water partition coefficient (Wildman–Crippen LogP) is 4.09. The number of carbonyl (C=O) groups excluding carboxylic acids is 1. The molecule has 0 aliphatic carbocycles. The quantitative estimate of drug-likeness (QED) is 0.361. The molecule has 0 unspecified atom stereocenters. The number of carbonyl (C=O) groups is 1. The van der Waals surface area contributed by atoms with Crippen molar-refractivity contribution in [3.8, 4) is 16.9 Å². The van der Waals surface area contributed by atoms with Crippen molar-refractivity contribution in [2.45, 2.75) is 62.9 Å². The van der Waals surface area contributed by atoms with Crippen LogP contribution in [0.4, 0.5) is 14.6 Å². The zero-order valence-electron chi connectivity index (χ0n) is 27.1. The van der Waals surface area contributed by atoms with E-state index < -0.39 is 17.3 Å². The SMILES string of the molecule is C=CC(=O)N1C[C@H](C)N(c2nc(=O)n3c4c(c(-c5ccc(F)cc5F)c(Cl)cc24)OC[C@@H]3CN2C[C@H]3CC[C@@H](C2)N3C2COC2)C[C@H]1C. The molecule has 0 spiro atoms. The first-order valence-electron chi connectivity index (χ1n) is 16.8. The number of ether oxygens (including phenoxy) is 2. The average Bonchev–Trinajstić information content (AvgIpc) is 3.27. The predicted molar refractivity (Wildman–Crippen MR) is 179 cm³/mol. The van der Waals surface area contributed by atoms with Crippen LogP contribution in [-0.4, -0.2) is 113 Å². The zero-order valence-corrected chi connectivity index (χ0v) is 27.8. The van der Waals surface area contributed by atoms with E-state index >= 15 is 4.39 Å². The maximum atomic E-state index is 15.3. The van der Waals surface area contributed by atoms with E-state index in [4.69, 9.17) is 21.1 Å². The number of amides is 1. The van der Waals surface area contributed by atoms with Crippen LogP contribution < -0.4 is 15.3 Å². The van der Waals surface area contributed by atoms with Crippen LogP contribution in [0.3, 0.4) is 0 Å². The van der Waals surface area contributed by atoms with E-state index in [1.165, 1.54) is 18.2 Å². The highest BCUT2D eigenvalue weighted by molar-refractivity contribution is 6.35. The number of nitrogens with zero attached hydrogens (tertiary/aromatic N) is 6. The first-order valence-corrected chi connectivity index (χ1v) is 17.1. The molecule has 10 nitrogen and oxygen atoms in total. The lowest BCUT2D eigenvalue weighted by atomic mass is 9.99. The van der Waals surface area contributed by atoms with Crippen molar-refractivity contribution in [3.05, 3.63) is 64.1 Å². The molecule has 0 radical (unpaired) electrons. The Labute approximate surface area is 282 Å². The molecule has 5 aliphatic rings. The number of anilines is 1. The van der Waals surface area contributed by atoms with Crippen LogP contribution in [0.2, 0.25) is 5.02 Å². The maximum absolute atomic E-state index is 15.3. The van der Waals surface area contributed by atoms with Crippen LogP contribution in [0.5, 0.6) is 5.75 Å². The van der Waals surface area contributed by atoms with Crippen LogP contribution in [0.15, 0.2) is 41.7 Å². The van der Waals surface area contributed by atoms with Gasteiger partial charge in [-0.15, -0.1) is 0 Å². The largest absolute Gasteiger partial charge is 0.488 e. The Balaban J connectivity index is 1.22. The third-order valence-electron chi connectivity index (χ3n) is 10.9. The average molecular weight is 681 g/mol. The summed E-state index contributed by atoms with van der Waals surface area (Å²) in [5.41, 5.74) is 0.405. The van der Waals surface area contributed by atoms with Gasteiger partial charge in [-0.25, -0.2) is 13.6 Å². The van der Waals surface area contributed by atoms with Gasteiger partial charge < -0.3 is 19.3 Å². The summed E-state index contributed by atoms with van der Waals surface area (Å²) in [4.78, 5) is 40.4. The Morgan fingerprint density at radius 2 is 1.79 bits per heavy atom. The highest BCUT2D eigenvalue weighted by Crippen LogP contribution is 2.47. The standard InChI is InChI=1S/C35H39ClF2N6O4/c1-4-30(45)41-11-20(3)42(12-19(41)2)34-27-10-28(36)31(26-8-5-21(37)9-29(26)38)33-32(27)44(35(46)39-34)24(18-48-33)15-40-13-22-6-7-23(14-40)43(22)25-16-47-17-25/h4-5,8-10,19-20,22-25H,1,6-7,11-18H2,2-3H3/t19-,20+,22-,23+,24+/m1/s1. The number of hydrogen-bond donors (Lipinski definition) is 0. The molecule has 0 saturated carbocycles. The molecule has 0 N–H and O–H groups in total. The lowest BCUT2D eigenvalue weighted by Gasteiger charge is -2.48. The second kappa shape index (κ2) is 12.1. The molecule has 5 atom stereocenters. The first kappa shape index (κ1) is 31.7. The summed E-state index contributed by atoms with van der Waals surface area (Å²) in [6.07, 6.45) is 3.61. The third kappa shape index (κ3) is 5.10. The Kier molecular flexibility index (Phi) is 7.97. The number of benzene rings is 2. The maximum Gasteiger partial charge on any atom is 0.350 e. The zero-order chi connectivity index (χ0) is 33.4. The Hall–Kier alpha value is -3.58. The van der Waals surface area contributed by atoms with E-state index in [9.17, 15) is 14.0 Å². The molecule has 13 heteroatoms. The number of rotatable bonds is 6. The van der Waals surface area contributed by atoms with E-state index in [0.717, 1.165) is 45.2 Å². The van der Waals surface area contributed by atoms with Gasteiger partial charge in [-0.3, -0.25) is 19.2 Å². The minimum absolute atomic E-state index is 0.0836. The summed E-state index contributed by atoms with van der Waals surface area (Å²) in [5, 5.41) is 0.798. The second-order valence-electron chi connectivity index (χ2n) is 13.9. The van der Waals surface area contributed by atoms with Gasteiger partial charge in [0.2, 0.25) is 5.91 Å². The smallest absolute Gasteiger partial charge is 0.350 e. The number of fused-ring (bicyclic) bond motifs is 2. The Bertz CT molecular complexity index is 1850. The van der Waals surface area contributed by atoms with Gasteiger partial charge in [0.1, 0.15) is 24.1 Å². The normalized spacial score (nSPS) is 27.6. The third-order valence-corrected chi connectivity index (χ3v) is 11.2. The minimum Gasteiger partial charge on any atom is -0.488 e. The van der Waals surface area contributed by atoms with E-state index in [2.05, 4.69) is 21.4 Å². The molecule has 1 aromatic heterocycles. The summed E-state index contributed by atoms with van der Waals surface area (Å²) in [5.74, 6) is -0.931. The van der Waals surface area contributed by atoms with Crippen molar-refractivity contribution in [3.63, 3.8) is 0 Å². The van der Waals surface area contributed by atoms with Gasteiger partial charge in [-0.05, 0) is 51.0 Å². The van der Waals surface area contributed by atoms with Gasteiger partial charge in [-0.1, -0.05) is 18.2 Å². The number of halogens is 3. The van der Waals surface area contributed by atoms with Crippen molar-refractivity contribution in [2.24, 2.45) is 0 Å². The van der Waals surface area contributed by atoms with Crippen molar-refractivity contribution < 1.29 is 23.0 Å².